The Labute approximate surface area is 171 Å². The summed E-state index contributed by atoms with van der Waals surface area (Å²) in [5.41, 5.74) is 4.46. The van der Waals surface area contributed by atoms with E-state index in [1.165, 1.54) is 11.1 Å². The molecule has 0 atom stereocenters. The topological polar surface area (TPSA) is 50.1 Å². The van der Waals surface area contributed by atoms with Crippen molar-refractivity contribution in [2.75, 3.05) is 11.9 Å². The molecule has 0 spiro atoms. The highest BCUT2D eigenvalue weighted by Crippen LogP contribution is 2.36. The third-order valence-corrected chi connectivity index (χ3v) is 5.28. The van der Waals surface area contributed by atoms with Crippen LogP contribution in [0.25, 0.3) is 16.5 Å². The van der Waals surface area contributed by atoms with E-state index in [0.29, 0.717) is 0 Å². The fraction of sp³-hybridized carbons (Fsp3) is 0.240. The van der Waals surface area contributed by atoms with E-state index in [4.69, 9.17) is 0 Å². The van der Waals surface area contributed by atoms with E-state index in [9.17, 15) is 5.11 Å². The highest BCUT2D eigenvalue weighted by Gasteiger charge is 2.16. The second-order valence-corrected chi connectivity index (χ2v) is 8.43. The van der Waals surface area contributed by atoms with Crippen molar-refractivity contribution in [2.45, 2.75) is 32.6 Å². The van der Waals surface area contributed by atoms with Crippen LogP contribution in [-0.2, 0) is 11.8 Å². The minimum absolute atomic E-state index is 0.105. The first-order chi connectivity index (χ1) is 13.9. The van der Waals surface area contributed by atoms with E-state index < -0.39 is 0 Å². The molecular weight excluding hydrogens is 358 g/mol. The largest absolute Gasteiger partial charge is 0.494 e. The van der Waals surface area contributed by atoms with Crippen molar-refractivity contribution in [1.29, 1.82) is 0 Å². The number of fused-ring (bicyclic) bond motifs is 1. The summed E-state index contributed by atoms with van der Waals surface area (Å²) in [4.78, 5) is 4.16. The van der Waals surface area contributed by atoms with Crippen LogP contribution in [0.15, 0.2) is 73.2 Å². The van der Waals surface area contributed by atoms with E-state index in [-0.39, 0.29) is 11.3 Å². The molecule has 2 aromatic heterocycles. The number of hydrogen-bond donors (Lipinski definition) is 2. The van der Waals surface area contributed by atoms with Gasteiger partial charge in [-0.3, -0.25) is 9.55 Å². The lowest BCUT2D eigenvalue weighted by Crippen LogP contribution is -2.10. The predicted molar refractivity (Wildman–Crippen MR) is 120 cm³/mol. The maximum Gasteiger partial charge on any atom is 0.205 e. The maximum atomic E-state index is 11.0. The summed E-state index contributed by atoms with van der Waals surface area (Å²) in [5, 5.41) is 16.3. The minimum Gasteiger partial charge on any atom is -0.494 e. The normalized spacial score (nSPS) is 11.7. The number of rotatable bonds is 5. The van der Waals surface area contributed by atoms with Gasteiger partial charge in [0.1, 0.15) is 0 Å². The lowest BCUT2D eigenvalue weighted by atomic mass is 9.87. The molecule has 0 unspecified atom stereocenters. The Kier molecular flexibility index (Phi) is 5.01. The second kappa shape index (κ2) is 7.63. The molecule has 4 aromatic rings. The van der Waals surface area contributed by atoms with E-state index in [2.05, 4.69) is 61.4 Å². The van der Waals surface area contributed by atoms with Gasteiger partial charge >= 0.3 is 0 Å². The molecule has 4 heteroatoms. The molecule has 29 heavy (non-hydrogen) atoms. The van der Waals surface area contributed by atoms with Gasteiger partial charge in [0.15, 0.2) is 0 Å². The molecule has 0 fully saturated rings. The molecule has 0 bridgehead atoms. The van der Waals surface area contributed by atoms with Crippen molar-refractivity contribution in [2.24, 2.45) is 0 Å². The van der Waals surface area contributed by atoms with Crippen LogP contribution in [-0.4, -0.2) is 21.2 Å². The number of nitrogens with zero attached hydrogens (tertiary/aromatic N) is 2. The lowest BCUT2D eigenvalue weighted by Gasteiger charge is -2.19. The summed E-state index contributed by atoms with van der Waals surface area (Å²) in [6.07, 6.45) is 6.53. The van der Waals surface area contributed by atoms with Crippen LogP contribution < -0.4 is 5.32 Å². The zero-order chi connectivity index (χ0) is 20.4. The van der Waals surface area contributed by atoms with E-state index in [1.54, 1.807) is 6.20 Å². The predicted octanol–water partition coefficient (Wildman–Crippen LogP) is 5.68. The van der Waals surface area contributed by atoms with Gasteiger partial charge in [0.2, 0.25) is 5.88 Å². The van der Waals surface area contributed by atoms with Crippen molar-refractivity contribution in [3.8, 4) is 11.6 Å². The van der Waals surface area contributed by atoms with Crippen LogP contribution in [0.4, 0.5) is 5.69 Å². The van der Waals surface area contributed by atoms with Gasteiger partial charge in [0, 0.05) is 41.9 Å². The summed E-state index contributed by atoms with van der Waals surface area (Å²) in [7, 11) is 0. The van der Waals surface area contributed by atoms with E-state index in [0.717, 1.165) is 35.1 Å². The monoisotopic (exact) mass is 385 g/mol. The minimum atomic E-state index is 0.105. The zero-order valence-corrected chi connectivity index (χ0v) is 17.2. The number of aromatic nitrogens is 2. The molecule has 2 heterocycles. The number of benzene rings is 2. The van der Waals surface area contributed by atoms with Gasteiger partial charge in [-0.25, -0.2) is 0 Å². The van der Waals surface area contributed by atoms with Gasteiger partial charge in [-0.05, 0) is 47.2 Å². The Balaban J connectivity index is 1.61. The maximum absolute atomic E-state index is 11.0. The summed E-state index contributed by atoms with van der Waals surface area (Å²) < 4.78 is 1.85. The summed E-state index contributed by atoms with van der Waals surface area (Å²) in [5.74, 6) is 0.257. The first kappa shape index (κ1) is 19.1. The molecule has 0 amide bonds. The Bertz CT molecular complexity index is 1110. The first-order valence-corrected chi connectivity index (χ1v) is 10.0. The average Bonchev–Trinajstić information content (AvgIpc) is 3.06. The summed E-state index contributed by atoms with van der Waals surface area (Å²) in [6, 6.07) is 18.5. The molecule has 4 rings (SSSR count). The highest BCUT2D eigenvalue weighted by atomic mass is 16.3. The molecule has 0 saturated carbocycles. The average molecular weight is 386 g/mol. The third-order valence-electron chi connectivity index (χ3n) is 5.28. The van der Waals surface area contributed by atoms with Crippen LogP contribution in [0.1, 0.15) is 31.9 Å². The fourth-order valence-electron chi connectivity index (χ4n) is 3.60. The van der Waals surface area contributed by atoms with Crippen LogP contribution in [0, 0.1) is 0 Å². The molecule has 148 valence electrons. The number of pyridine rings is 1. The Hall–Kier alpha value is -3.27. The smallest absolute Gasteiger partial charge is 0.205 e. The van der Waals surface area contributed by atoms with Crippen molar-refractivity contribution in [3.63, 3.8) is 0 Å². The molecule has 2 aromatic carbocycles. The molecule has 0 aliphatic heterocycles. The zero-order valence-electron chi connectivity index (χ0n) is 17.2. The number of anilines is 1. The highest BCUT2D eigenvalue weighted by molar-refractivity contribution is 5.99. The van der Waals surface area contributed by atoms with Crippen LogP contribution in [0.5, 0.6) is 5.88 Å². The molecular formula is C25H27N3O. The van der Waals surface area contributed by atoms with Crippen LogP contribution in [0.3, 0.4) is 0 Å². The van der Waals surface area contributed by atoms with Gasteiger partial charge in [-0.1, -0.05) is 51.1 Å². The second-order valence-electron chi connectivity index (χ2n) is 8.43. The molecule has 0 aliphatic rings. The van der Waals surface area contributed by atoms with Crippen LogP contribution >= 0.6 is 0 Å². The molecule has 0 saturated heterocycles. The van der Waals surface area contributed by atoms with Crippen molar-refractivity contribution in [3.05, 3.63) is 84.3 Å². The number of hydrogen-bond acceptors (Lipinski definition) is 3. The molecule has 4 nitrogen and oxygen atoms in total. The SMILES string of the molecule is CC(C)(C)c1ccc(-n2cc3cccc(NCCc4cccnc4)c3c2O)cc1. The van der Waals surface area contributed by atoms with E-state index in [1.807, 2.05) is 41.2 Å². The third kappa shape index (κ3) is 3.97. The quantitative estimate of drug-likeness (QED) is 0.464. The molecule has 0 radical (unpaired) electrons. The Morgan fingerprint density at radius 1 is 1.00 bits per heavy atom. The Morgan fingerprint density at radius 2 is 1.79 bits per heavy atom. The van der Waals surface area contributed by atoms with Gasteiger partial charge in [0.25, 0.3) is 0 Å². The molecule has 2 N–H and O–H groups in total. The summed E-state index contributed by atoms with van der Waals surface area (Å²) in [6.45, 7) is 7.38. The lowest BCUT2D eigenvalue weighted by molar-refractivity contribution is 0.448. The summed E-state index contributed by atoms with van der Waals surface area (Å²) >= 11 is 0. The first-order valence-electron chi connectivity index (χ1n) is 10.0. The fourth-order valence-corrected chi connectivity index (χ4v) is 3.60. The van der Waals surface area contributed by atoms with Crippen molar-refractivity contribution in [1.82, 2.24) is 9.55 Å². The molecule has 0 aliphatic carbocycles. The van der Waals surface area contributed by atoms with E-state index >= 15 is 0 Å². The Morgan fingerprint density at radius 3 is 2.48 bits per heavy atom. The van der Waals surface area contributed by atoms with Gasteiger partial charge in [0.05, 0.1) is 5.39 Å². The number of aromatic hydroxyl groups is 1. The van der Waals surface area contributed by atoms with Gasteiger partial charge in [-0.2, -0.15) is 0 Å². The number of nitrogens with one attached hydrogen (secondary N) is 1. The standard InChI is InChI=1S/C25H27N3O/c1-25(2,3)20-9-11-21(12-10-20)28-17-19-7-4-8-22(23(19)24(28)29)27-15-13-18-6-5-14-26-16-18/h4-12,14,16-17,27,29H,13,15H2,1-3H3. The van der Waals surface area contributed by atoms with Crippen molar-refractivity contribution < 1.29 is 5.11 Å². The van der Waals surface area contributed by atoms with Crippen LogP contribution in [0.2, 0.25) is 0 Å². The van der Waals surface area contributed by atoms with Gasteiger partial charge < -0.3 is 10.4 Å². The van der Waals surface area contributed by atoms with Crippen molar-refractivity contribution >= 4 is 16.5 Å². The van der Waals surface area contributed by atoms with Gasteiger partial charge in [-0.15, -0.1) is 0 Å².